The summed E-state index contributed by atoms with van der Waals surface area (Å²) in [5, 5.41) is 2.94. The van der Waals surface area contributed by atoms with Crippen molar-refractivity contribution < 1.29 is 14.3 Å². The lowest BCUT2D eigenvalue weighted by Gasteiger charge is -2.10. The Morgan fingerprint density at radius 3 is 2.42 bits per heavy atom. The summed E-state index contributed by atoms with van der Waals surface area (Å²) in [6.45, 7) is 3.76. The van der Waals surface area contributed by atoms with Crippen LogP contribution in [0.5, 0.6) is 11.5 Å². The average Bonchev–Trinajstić information content (AvgIpc) is 2.57. The molecule has 0 saturated carbocycles. The Hall–Kier alpha value is -2.02. The lowest BCUT2D eigenvalue weighted by Crippen LogP contribution is -2.13. The fourth-order valence-electron chi connectivity index (χ4n) is 2.25. The minimum Gasteiger partial charge on any atom is -0.493 e. The highest BCUT2D eigenvalue weighted by Crippen LogP contribution is 2.28. The lowest BCUT2D eigenvalue weighted by molar-refractivity contribution is -0.112. The number of aryl methyl sites for hydroxylation is 1. The van der Waals surface area contributed by atoms with Crippen LogP contribution in [0.2, 0.25) is 0 Å². The van der Waals surface area contributed by atoms with E-state index in [1.54, 1.807) is 21.1 Å². The summed E-state index contributed by atoms with van der Waals surface area (Å²) in [5.41, 5.74) is 3.34. The van der Waals surface area contributed by atoms with Gasteiger partial charge in [0.05, 0.1) is 14.2 Å². The monoisotopic (exact) mass is 437 g/mol. The van der Waals surface area contributed by atoms with E-state index in [-0.39, 0.29) is 5.91 Å². The maximum atomic E-state index is 12.4. The van der Waals surface area contributed by atoms with Crippen LogP contribution in [0.1, 0.15) is 18.1 Å². The molecule has 4 nitrogen and oxygen atoms in total. The minimum atomic E-state index is -0.130. The topological polar surface area (TPSA) is 47.6 Å². The number of benzene rings is 2. The maximum Gasteiger partial charge on any atom is 0.251 e. The molecule has 0 heterocycles. The van der Waals surface area contributed by atoms with Crippen molar-refractivity contribution in [1.82, 2.24) is 0 Å². The number of carbonyl (C=O) groups is 1. The molecule has 0 fully saturated rings. The van der Waals surface area contributed by atoms with Crippen molar-refractivity contribution in [3.63, 3.8) is 0 Å². The van der Waals surface area contributed by atoms with Gasteiger partial charge < -0.3 is 14.8 Å². The van der Waals surface area contributed by atoms with Gasteiger partial charge in [0, 0.05) is 14.8 Å². The largest absolute Gasteiger partial charge is 0.493 e. The molecule has 2 aromatic rings. The second-order valence-corrected chi connectivity index (χ2v) is 6.60. The van der Waals surface area contributed by atoms with Gasteiger partial charge in [0.1, 0.15) is 0 Å². The van der Waals surface area contributed by atoms with E-state index >= 15 is 0 Å². The van der Waals surface area contributed by atoms with Crippen LogP contribution in [-0.2, 0) is 4.79 Å². The highest BCUT2D eigenvalue weighted by Gasteiger charge is 2.09. The molecule has 5 heteroatoms. The molecule has 1 N–H and O–H groups in total. The summed E-state index contributed by atoms with van der Waals surface area (Å²) in [6.07, 6.45) is 1.82. The van der Waals surface area contributed by atoms with E-state index in [4.69, 9.17) is 9.47 Å². The Morgan fingerprint density at radius 1 is 1.08 bits per heavy atom. The van der Waals surface area contributed by atoms with Crippen molar-refractivity contribution in [1.29, 1.82) is 0 Å². The Labute approximate surface area is 156 Å². The summed E-state index contributed by atoms with van der Waals surface area (Å²) >= 11 is 2.25. The zero-order chi connectivity index (χ0) is 17.7. The molecule has 0 spiro atoms. The van der Waals surface area contributed by atoms with Gasteiger partial charge in [-0.25, -0.2) is 0 Å². The predicted octanol–water partition coefficient (Wildman–Crippen LogP) is 4.66. The number of hydrogen-bond acceptors (Lipinski definition) is 3. The molecular formula is C19H20INO3. The van der Waals surface area contributed by atoms with Crippen molar-refractivity contribution in [2.24, 2.45) is 0 Å². The third-order valence-electron chi connectivity index (χ3n) is 3.59. The van der Waals surface area contributed by atoms with Gasteiger partial charge in [0.25, 0.3) is 5.91 Å². The number of anilines is 1. The standard InChI is InChI=1S/C19H20INO3/c1-12-10-15(20)6-7-16(12)21-19(22)13(2)9-14-5-8-17(23-3)18(11-14)24-4/h5-11H,1-4H3,(H,21,22)/b13-9+. The molecule has 0 aliphatic carbocycles. The predicted molar refractivity (Wildman–Crippen MR) is 106 cm³/mol. The molecule has 2 aromatic carbocycles. The van der Waals surface area contributed by atoms with Crippen molar-refractivity contribution in [2.75, 3.05) is 19.5 Å². The quantitative estimate of drug-likeness (QED) is 0.547. The Morgan fingerprint density at radius 2 is 1.79 bits per heavy atom. The van der Waals surface area contributed by atoms with Crippen LogP contribution in [-0.4, -0.2) is 20.1 Å². The molecule has 0 radical (unpaired) electrons. The van der Waals surface area contributed by atoms with E-state index in [0.717, 1.165) is 20.4 Å². The maximum absolute atomic E-state index is 12.4. The molecule has 0 aliphatic heterocycles. The number of methoxy groups -OCH3 is 2. The number of halogens is 1. The number of amides is 1. The van der Waals surface area contributed by atoms with Gasteiger partial charge in [-0.3, -0.25) is 4.79 Å². The first-order valence-corrected chi connectivity index (χ1v) is 8.50. The molecule has 0 aromatic heterocycles. The average molecular weight is 437 g/mol. The van der Waals surface area contributed by atoms with Gasteiger partial charge in [-0.1, -0.05) is 6.07 Å². The SMILES string of the molecule is COc1ccc(/C=C(\C)C(=O)Nc2ccc(I)cc2C)cc1OC. The first kappa shape index (κ1) is 18.3. The van der Waals surface area contributed by atoms with E-state index in [9.17, 15) is 4.79 Å². The zero-order valence-corrected chi connectivity index (χ0v) is 16.3. The molecule has 24 heavy (non-hydrogen) atoms. The summed E-state index contributed by atoms with van der Waals surface area (Å²) < 4.78 is 11.6. The Kier molecular flexibility index (Phi) is 6.25. The van der Waals surface area contributed by atoms with Gasteiger partial charge >= 0.3 is 0 Å². The van der Waals surface area contributed by atoms with E-state index < -0.39 is 0 Å². The third-order valence-corrected chi connectivity index (χ3v) is 4.26. The van der Waals surface area contributed by atoms with Crippen LogP contribution in [0.15, 0.2) is 42.0 Å². The smallest absolute Gasteiger partial charge is 0.251 e. The number of carbonyl (C=O) groups excluding carboxylic acids is 1. The van der Waals surface area contributed by atoms with E-state index in [1.165, 1.54) is 0 Å². The van der Waals surface area contributed by atoms with Crippen molar-refractivity contribution in [3.05, 3.63) is 56.7 Å². The normalized spacial score (nSPS) is 11.1. The van der Waals surface area contributed by atoms with Crippen molar-refractivity contribution in [2.45, 2.75) is 13.8 Å². The number of ether oxygens (including phenoxy) is 2. The molecule has 0 unspecified atom stereocenters. The van der Waals surface area contributed by atoms with Gasteiger partial charge in [-0.05, 0) is 84.0 Å². The minimum absolute atomic E-state index is 0.130. The summed E-state index contributed by atoms with van der Waals surface area (Å²) in [5.74, 6) is 1.16. The van der Waals surface area contributed by atoms with Gasteiger partial charge in [-0.2, -0.15) is 0 Å². The number of rotatable bonds is 5. The first-order valence-electron chi connectivity index (χ1n) is 7.42. The van der Waals surface area contributed by atoms with E-state index in [0.29, 0.717) is 17.1 Å². The highest BCUT2D eigenvalue weighted by molar-refractivity contribution is 14.1. The number of nitrogens with one attached hydrogen (secondary N) is 1. The molecular weight excluding hydrogens is 417 g/mol. The van der Waals surface area contributed by atoms with Gasteiger partial charge in [0.15, 0.2) is 11.5 Å². The van der Waals surface area contributed by atoms with Crippen molar-refractivity contribution in [3.8, 4) is 11.5 Å². The summed E-state index contributed by atoms with van der Waals surface area (Å²) in [7, 11) is 3.18. The van der Waals surface area contributed by atoms with Crippen molar-refractivity contribution >= 4 is 40.3 Å². The Bertz CT molecular complexity index is 784. The van der Waals surface area contributed by atoms with Crippen LogP contribution in [0, 0.1) is 10.5 Å². The van der Waals surface area contributed by atoms with Gasteiger partial charge in [0.2, 0.25) is 0 Å². The van der Waals surface area contributed by atoms with Gasteiger partial charge in [-0.15, -0.1) is 0 Å². The van der Waals surface area contributed by atoms with Crippen LogP contribution < -0.4 is 14.8 Å². The van der Waals surface area contributed by atoms with Crippen LogP contribution in [0.4, 0.5) is 5.69 Å². The summed E-state index contributed by atoms with van der Waals surface area (Å²) in [6, 6.07) is 11.5. The highest BCUT2D eigenvalue weighted by atomic mass is 127. The fraction of sp³-hybridized carbons (Fsp3) is 0.211. The number of hydrogen-bond donors (Lipinski definition) is 1. The lowest BCUT2D eigenvalue weighted by atomic mass is 10.1. The zero-order valence-electron chi connectivity index (χ0n) is 14.1. The molecule has 0 atom stereocenters. The fourth-order valence-corrected chi connectivity index (χ4v) is 2.89. The first-order chi connectivity index (χ1) is 11.4. The summed E-state index contributed by atoms with van der Waals surface area (Å²) in [4.78, 5) is 12.4. The molecule has 0 bridgehead atoms. The second-order valence-electron chi connectivity index (χ2n) is 5.36. The van der Waals surface area contributed by atoms with E-state index in [2.05, 4.69) is 27.9 Å². The van der Waals surface area contributed by atoms with Crippen LogP contribution in [0.3, 0.4) is 0 Å². The third kappa shape index (κ3) is 4.50. The van der Waals surface area contributed by atoms with E-state index in [1.807, 2.05) is 49.4 Å². The van der Waals surface area contributed by atoms with Crippen LogP contribution >= 0.6 is 22.6 Å². The molecule has 1 amide bonds. The second kappa shape index (κ2) is 8.19. The molecule has 126 valence electrons. The molecule has 0 aliphatic rings. The molecule has 0 saturated heterocycles. The molecule has 2 rings (SSSR count). The van der Waals surface area contributed by atoms with Crippen LogP contribution in [0.25, 0.3) is 6.08 Å². The Balaban J connectivity index is 2.19.